The molecule has 6 heteroatoms. The Bertz CT molecular complexity index is 1400. The topological polar surface area (TPSA) is 89.7 Å². The molecule has 0 radical (unpaired) electrons. The highest BCUT2D eigenvalue weighted by Gasteiger charge is 2.23. The van der Waals surface area contributed by atoms with E-state index in [4.69, 9.17) is 14.6 Å². The SMILES string of the molecule is CC.CC.CC.CCN(CC)c1ccc2c(C(C)C(C)c3cc(=O)oc4cc(N)ccc34)cc(=O)oc2c1. The maximum absolute atomic E-state index is 12.4. The van der Waals surface area contributed by atoms with Crippen molar-refractivity contribution in [3.63, 3.8) is 0 Å². The molecule has 4 aromatic rings. The van der Waals surface area contributed by atoms with Gasteiger partial charge in [0.25, 0.3) is 0 Å². The minimum Gasteiger partial charge on any atom is -0.423 e. The third-order valence-electron chi connectivity index (χ3n) is 6.42. The van der Waals surface area contributed by atoms with Crippen molar-refractivity contribution in [2.24, 2.45) is 0 Å². The summed E-state index contributed by atoms with van der Waals surface area (Å²) in [5.41, 5.74) is 9.43. The summed E-state index contributed by atoms with van der Waals surface area (Å²) in [6.45, 7) is 22.0. The Morgan fingerprint density at radius 3 is 1.55 bits per heavy atom. The Hall–Kier alpha value is -3.54. The molecule has 0 aliphatic carbocycles. The summed E-state index contributed by atoms with van der Waals surface area (Å²) in [6.07, 6.45) is 0. The van der Waals surface area contributed by atoms with Gasteiger partial charge in [-0.1, -0.05) is 55.4 Å². The van der Waals surface area contributed by atoms with Crippen molar-refractivity contribution in [3.8, 4) is 0 Å². The Morgan fingerprint density at radius 1 is 0.684 bits per heavy atom. The molecule has 0 saturated heterocycles. The number of fused-ring (bicyclic) bond motifs is 2. The molecule has 38 heavy (non-hydrogen) atoms. The second-order valence-electron chi connectivity index (χ2n) is 8.23. The average molecular weight is 523 g/mol. The molecule has 0 saturated carbocycles. The monoisotopic (exact) mass is 522 g/mol. The molecule has 208 valence electrons. The van der Waals surface area contributed by atoms with Crippen LogP contribution in [0.2, 0.25) is 0 Å². The predicted molar refractivity (Wildman–Crippen MR) is 164 cm³/mol. The zero-order chi connectivity index (χ0) is 29.0. The Kier molecular flexibility index (Phi) is 13.4. The van der Waals surface area contributed by atoms with Gasteiger partial charge in [-0.3, -0.25) is 0 Å². The van der Waals surface area contributed by atoms with Crippen LogP contribution in [0.3, 0.4) is 0 Å². The van der Waals surface area contributed by atoms with Crippen LogP contribution >= 0.6 is 0 Å². The molecule has 0 amide bonds. The highest BCUT2D eigenvalue weighted by molar-refractivity contribution is 5.86. The van der Waals surface area contributed by atoms with E-state index in [1.54, 1.807) is 18.2 Å². The minimum atomic E-state index is -0.418. The van der Waals surface area contributed by atoms with E-state index < -0.39 is 5.63 Å². The zero-order valence-corrected chi connectivity index (χ0v) is 24.8. The van der Waals surface area contributed by atoms with Gasteiger partial charge in [-0.2, -0.15) is 0 Å². The van der Waals surface area contributed by atoms with Crippen LogP contribution in [-0.4, -0.2) is 13.1 Å². The second kappa shape index (κ2) is 15.7. The lowest BCUT2D eigenvalue weighted by Crippen LogP contribution is -2.21. The van der Waals surface area contributed by atoms with Crippen molar-refractivity contribution >= 4 is 33.3 Å². The van der Waals surface area contributed by atoms with Crippen LogP contribution in [0.4, 0.5) is 11.4 Å². The second-order valence-corrected chi connectivity index (χ2v) is 8.23. The fraction of sp³-hybridized carbons (Fsp3) is 0.438. The van der Waals surface area contributed by atoms with Gasteiger partial charge in [0.05, 0.1) is 0 Å². The molecule has 2 atom stereocenters. The molecular formula is C32H46N2O4. The number of nitrogens with two attached hydrogens (primary N) is 1. The number of anilines is 2. The number of hydrogen-bond donors (Lipinski definition) is 1. The van der Waals surface area contributed by atoms with Crippen LogP contribution in [0.15, 0.2) is 67.0 Å². The average Bonchev–Trinajstić information content (AvgIpc) is 2.94. The first-order valence-corrected chi connectivity index (χ1v) is 14.0. The van der Waals surface area contributed by atoms with Crippen LogP contribution in [0.1, 0.15) is 92.2 Å². The summed E-state index contributed by atoms with van der Waals surface area (Å²) in [5.74, 6) is -0.110. The van der Waals surface area contributed by atoms with Gasteiger partial charge in [0.15, 0.2) is 0 Å². The molecule has 0 bridgehead atoms. The smallest absolute Gasteiger partial charge is 0.336 e. The summed E-state index contributed by atoms with van der Waals surface area (Å²) in [6, 6.07) is 14.4. The first-order chi connectivity index (χ1) is 18.3. The largest absolute Gasteiger partial charge is 0.423 e. The van der Waals surface area contributed by atoms with Crippen molar-refractivity contribution in [3.05, 3.63) is 80.5 Å². The standard InChI is InChI=1S/C26H28N2O4.3C2H6/c1-5-28(6-2)18-8-10-20-22(14-26(30)32-24(20)12-18)16(4)15(3)21-13-25(29)31-23-11-17(27)7-9-19(21)23;3*1-2/h7-16H,5-6,27H2,1-4H3;3*1-2H3. The van der Waals surface area contributed by atoms with Crippen LogP contribution in [0, 0.1) is 0 Å². The summed E-state index contributed by atoms with van der Waals surface area (Å²) >= 11 is 0. The predicted octanol–water partition coefficient (Wildman–Crippen LogP) is 8.31. The number of nitrogen functional groups attached to an aromatic ring is 1. The number of hydrogen-bond acceptors (Lipinski definition) is 6. The lowest BCUT2D eigenvalue weighted by atomic mass is 9.82. The highest BCUT2D eigenvalue weighted by atomic mass is 16.4. The Morgan fingerprint density at radius 2 is 1.11 bits per heavy atom. The molecule has 6 nitrogen and oxygen atoms in total. The Balaban J connectivity index is 0.00000112. The van der Waals surface area contributed by atoms with E-state index in [1.165, 1.54) is 6.07 Å². The van der Waals surface area contributed by atoms with Crippen molar-refractivity contribution in [2.75, 3.05) is 23.7 Å². The first-order valence-electron chi connectivity index (χ1n) is 14.0. The Labute approximate surface area is 227 Å². The van der Waals surface area contributed by atoms with E-state index >= 15 is 0 Å². The zero-order valence-electron chi connectivity index (χ0n) is 24.8. The maximum Gasteiger partial charge on any atom is 0.336 e. The molecule has 2 heterocycles. The molecule has 0 aliphatic rings. The summed E-state index contributed by atoms with van der Waals surface area (Å²) in [5, 5.41) is 1.74. The van der Waals surface area contributed by atoms with Crippen LogP contribution in [-0.2, 0) is 0 Å². The maximum atomic E-state index is 12.4. The van der Waals surface area contributed by atoms with Crippen LogP contribution < -0.4 is 21.9 Å². The van der Waals surface area contributed by atoms with Gasteiger partial charge in [-0.25, -0.2) is 9.59 Å². The lowest BCUT2D eigenvalue weighted by Gasteiger charge is -2.24. The van der Waals surface area contributed by atoms with E-state index in [2.05, 4.69) is 38.7 Å². The van der Waals surface area contributed by atoms with Gasteiger partial charge >= 0.3 is 11.3 Å². The summed E-state index contributed by atoms with van der Waals surface area (Å²) in [4.78, 5) is 26.9. The van der Waals surface area contributed by atoms with Gasteiger partial charge < -0.3 is 19.5 Å². The van der Waals surface area contributed by atoms with Crippen molar-refractivity contribution < 1.29 is 8.83 Å². The molecule has 0 aliphatic heterocycles. The van der Waals surface area contributed by atoms with E-state index in [9.17, 15) is 9.59 Å². The van der Waals surface area contributed by atoms with E-state index in [0.29, 0.717) is 16.9 Å². The number of benzene rings is 2. The molecule has 4 rings (SSSR count). The van der Waals surface area contributed by atoms with Crippen molar-refractivity contribution in [1.82, 2.24) is 0 Å². The third-order valence-corrected chi connectivity index (χ3v) is 6.42. The first kappa shape index (κ1) is 32.5. The van der Waals surface area contributed by atoms with E-state index in [1.807, 2.05) is 59.7 Å². The fourth-order valence-electron chi connectivity index (χ4n) is 4.46. The van der Waals surface area contributed by atoms with Gasteiger partial charge in [0.2, 0.25) is 0 Å². The molecule has 2 aromatic carbocycles. The summed E-state index contributed by atoms with van der Waals surface area (Å²) in [7, 11) is 0. The van der Waals surface area contributed by atoms with Crippen LogP contribution in [0.5, 0.6) is 0 Å². The van der Waals surface area contributed by atoms with Gasteiger partial charge in [-0.05, 0) is 61.1 Å². The third kappa shape index (κ3) is 7.27. The van der Waals surface area contributed by atoms with Gasteiger partial charge in [0.1, 0.15) is 11.2 Å². The number of nitrogens with zero attached hydrogens (tertiary/aromatic N) is 1. The highest BCUT2D eigenvalue weighted by Crippen LogP contribution is 2.38. The fourth-order valence-corrected chi connectivity index (χ4v) is 4.46. The van der Waals surface area contributed by atoms with Gasteiger partial charge in [-0.15, -0.1) is 0 Å². The quantitative estimate of drug-likeness (QED) is 0.202. The van der Waals surface area contributed by atoms with E-state index in [-0.39, 0.29) is 17.5 Å². The van der Waals surface area contributed by atoms with Crippen molar-refractivity contribution in [2.45, 2.75) is 81.1 Å². The number of rotatable bonds is 6. The summed E-state index contributed by atoms with van der Waals surface area (Å²) < 4.78 is 10.9. The molecule has 2 unspecified atom stereocenters. The molecule has 2 N–H and O–H groups in total. The van der Waals surface area contributed by atoms with E-state index in [0.717, 1.165) is 40.7 Å². The molecular weight excluding hydrogens is 476 g/mol. The minimum absolute atomic E-state index is 0.0524. The van der Waals surface area contributed by atoms with Gasteiger partial charge in [0, 0.05) is 59.5 Å². The molecule has 2 aromatic heterocycles. The van der Waals surface area contributed by atoms with Crippen molar-refractivity contribution in [1.29, 1.82) is 0 Å². The normalized spacial score (nSPS) is 11.7. The molecule has 0 fully saturated rings. The van der Waals surface area contributed by atoms with Crippen LogP contribution in [0.25, 0.3) is 21.9 Å². The lowest BCUT2D eigenvalue weighted by molar-refractivity contribution is 0.543. The molecule has 0 spiro atoms.